The predicted molar refractivity (Wildman–Crippen MR) is 145 cm³/mol. The fraction of sp³-hybridized carbons (Fsp3) is 0.250. The third kappa shape index (κ3) is 7.62. The number of aliphatic carboxylic acids is 1. The van der Waals surface area contributed by atoms with E-state index < -0.39 is 12.1 Å². The van der Waals surface area contributed by atoms with Crippen LogP contribution in [-0.4, -0.2) is 23.5 Å². The Balaban J connectivity index is 1.96. The van der Waals surface area contributed by atoms with Gasteiger partial charge in [-0.25, -0.2) is 0 Å². The number of hydrogen-bond acceptors (Lipinski definition) is 4. The normalized spacial score (nSPS) is 12.3. The van der Waals surface area contributed by atoms with Gasteiger partial charge in [-0.15, -0.1) is 0 Å². The van der Waals surface area contributed by atoms with Crippen LogP contribution in [0.5, 0.6) is 5.75 Å². The molecule has 0 saturated carbocycles. The lowest BCUT2D eigenvalue weighted by atomic mass is 9.85. The van der Waals surface area contributed by atoms with Crippen molar-refractivity contribution in [3.63, 3.8) is 0 Å². The molecule has 0 aromatic heterocycles. The second kappa shape index (κ2) is 13.3. The first-order valence-electron chi connectivity index (χ1n) is 11.6. The highest BCUT2D eigenvalue weighted by atomic mass is 35.5. The molecule has 3 rings (SSSR count). The number of carboxylic acid groups (broad SMARTS) is 1. The highest BCUT2D eigenvalue weighted by Crippen LogP contribution is 2.40. The molecular formula is C28H25Cl3N2O4. The third-order valence-corrected chi connectivity index (χ3v) is 6.83. The van der Waals surface area contributed by atoms with Crippen molar-refractivity contribution in [1.82, 2.24) is 5.32 Å². The van der Waals surface area contributed by atoms with Crippen molar-refractivity contribution < 1.29 is 19.4 Å². The molecule has 0 bridgehead atoms. The average Bonchev–Trinajstić information content (AvgIpc) is 2.88. The molecule has 0 spiro atoms. The summed E-state index contributed by atoms with van der Waals surface area (Å²) >= 11 is 18.5. The summed E-state index contributed by atoms with van der Waals surface area (Å²) in [6.45, 7) is 2.12. The lowest BCUT2D eigenvalue weighted by Gasteiger charge is -2.29. The molecule has 2 atom stereocenters. The van der Waals surface area contributed by atoms with Gasteiger partial charge in [0.1, 0.15) is 17.9 Å². The van der Waals surface area contributed by atoms with Crippen molar-refractivity contribution in [2.24, 2.45) is 0 Å². The zero-order chi connectivity index (χ0) is 26.9. The molecule has 6 nitrogen and oxygen atoms in total. The van der Waals surface area contributed by atoms with Crippen LogP contribution in [0.4, 0.5) is 0 Å². The highest BCUT2D eigenvalue weighted by molar-refractivity contribution is 6.42. The van der Waals surface area contributed by atoms with Gasteiger partial charge in [0.05, 0.1) is 22.0 Å². The third-order valence-electron chi connectivity index (χ3n) is 5.77. The number of rotatable bonds is 11. The summed E-state index contributed by atoms with van der Waals surface area (Å²) in [5.41, 5.74) is 2.47. The molecule has 192 valence electrons. The fourth-order valence-electron chi connectivity index (χ4n) is 3.97. The SMILES string of the molecule is CCC[C@H](c1ccc(C(=O)NCCC(=O)O)cc1)[C@@H](Oc1cc(Cl)c(Cl)c(C#N)c1)c1ccc(Cl)cc1. The minimum Gasteiger partial charge on any atom is -0.485 e. The van der Waals surface area contributed by atoms with Crippen molar-refractivity contribution >= 4 is 46.7 Å². The second-order valence-electron chi connectivity index (χ2n) is 8.39. The quantitative estimate of drug-likeness (QED) is 0.254. The molecule has 9 heteroatoms. The predicted octanol–water partition coefficient (Wildman–Crippen LogP) is 7.43. The van der Waals surface area contributed by atoms with E-state index in [9.17, 15) is 14.9 Å². The maximum absolute atomic E-state index is 12.4. The topological polar surface area (TPSA) is 99.4 Å². The van der Waals surface area contributed by atoms with Crippen molar-refractivity contribution in [3.05, 3.63) is 98.0 Å². The number of carbonyl (C=O) groups is 2. The van der Waals surface area contributed by atoms with Gasteiger partial charge in [-0.3, -0.25) is 9.59 Å². The number of nitrogens with one attached hydrogen (secondary N) is 1. The second-order valence-corrected chi connectivity index (χ2v) is 9.61. The lowest BCUT2D eigenvalue weighted by molar-refractivity contribution is -0.136. The monoisotopic (exact) mass is 558 g/mol. The number of carboxylic acids is 1. The minimum absolute atomic E-state index is 0.0508. The molecule has 3 aromatic rings. The van der Waals surface area contributed by atoms with Gasteiger partial charge in [0.2, 0.25) is 0 Å². The Morgan fingerprint density at radius 3 is 2.27 bits per heavy atom. The van der Waals surface area contributed by atoms with Crippen LogP contribution in [0.25, 0.3) is 0 Å². The Morgan fingerprint density at radius 1 is 1.03 bits per heavy atom. The molecule has 1 amide bonds. The van der Waals surface area contributed by atoms with Gasteiger partial charge in [-0.2, -0.15) is 5.26 Å². The molecule has 2 N–H and O–H groups in total. The maximum Gasteiger partial charge on any atom is 0.305 e. The zero-order valence-electron chi connectivity index (χ0n) is 20.0. The smallest absolute Gasteiger partial charge is 0.305 e. The molecule has 0 aliphatic rings. The number of amides is 1. The summed E-state index contributed by atoms with van der Waals surface area (Å²) in [4.78, 5) is 23.1. The summed E-state index contributed by atoms with van der Waals surface area (Å²) in [5.74, 6) is -1.03. The van der Waals surface area contributed by atoms with Crippen molar-refractivity contribution in [2.75, 3.05) is 6.54 Å². The van der Waals surface area contributed by atoms with Crippen LogP contribution < -0.4 is 10.1 Å². The van der Waals surface area contributed by atoms with Crippen LogP contribution in [0.15, 0.2) is 60.7 Å². The molecule has 0 fully saturated rings. The van der Waals surface area contributed by atoms with Crippen LogP contribution in [-0.2, 0) is 4.79 Å². The Kier molecular flexibility index (Phi) is 10.2. The van der Waals surface area contributed by atoms with Gasteiger partial charge in [0.15, 0.2) is 0 Å². The number of nitriles is 1. The van der Waals surface area contributed by atoms with E-state index in [0.717, 1.165) is 24.0 Å². The van der Waals surface area contributed by atoms with E-state index in [-0.39, 0.29) is 40.4 Å². The molecule has 0 unspecified atom stereocenters. The molecule has 37 heavy (non-hydrogen) atoms. The number of nitrogens with zero attached hydrogens (tertiary/aromatic N) is 1. The first-order chi connectivity index (χ1) is 17.7. The molecule has 0 saturated heterocycles. The molecule has 0 aliphatic heterocycles. The highest BCUT2D eigenvalue weighted by Gasteiger charge is 2.27. The van der Waals surface area contributed by atoms with E-state index in [2.05, 4.69) is 12.2 Å². The van der Waals surface area contributed by atoms with Gasteiger partial charge < -0.3 is 15.2 Å². The van der Waals surface area contributed by atoms with Crippen LogP contribution in [0.1, 0.15) is 65.3 Å². The van der Waals surface area contributed by atoms with Crippen LogP contribution in [0.3, 0.4) is 0 Å². The zero-order valence-corrected chi connectivity index (χ0v) is 22.3. The first kappa shape index (κ1) is 28.3. The van der Waals surface area contributed by atoms with E-state index in [0.29, 0.717) is 16.3 Å². The van der Waals surface area contributed by atoms with E-state index >= 15 is 0 Å². The lowest BCUT2D eigenvalue weighted by Crippen LogP contribution is -2.26. The van der Waals surface area contributed by atoms with Gasteiger partial charge in [-0.1, -0.05) is 72.4 Å². The van der Waals surface area contributed by atoms with E-state index in [1.807, 2.05) is 30.3 Å². The largest absolute Gasteiger partial charge is 0.485 e. The summed E-state index contributed by atoms with van der Waals surface area (Å²) in [6.07, 6.45) is 1.02. The fourth-order valence-corrected chi connectivity index (χ4v) is 4.45. The van der Waals surface area contributed by atoms with Gasteiger partial charge in [0, 0.05) is 29.1 Å². The Labute approximate surface area is 230 Å². The number of halogens is 3. The minimum atomic E-state index is -0.977. The van der Waals surface area contributed by atoms with Crippen molar-refractivity contribution in [1.29, 1.82) is 5.26 Å². The van der Waals surface area contributed by atoms with E-state index in [1.165, 1.54) is 0 Å². The molecule has 0 heterocycles. The molecule has 3 aromatic carbocycles. The van der Waals surface area contributed by atoms with Crippen molar-refractivity contribution in [2.45, 2.75) is 38.2 Å². The number of benzene rings is 3. The summed E-state index contributed by atoms with van der Waals surface area (Å²) in [7, 11) is 0. The van der Waals surface area contributed by atoms with E-state index in [1.54, 1.807) is 36.4 Å². The standard InChI is InChI=1S/C28H25Cl3N2O4/c1-2-3-23(17-4-6-19(7-5-17)28(36)33-13-12-25(34)35)27(18-8-10-21(29)11-9-18)37-22-14-20(16-32)26(31)24(30)15-22/h4-11,14-15,23,27H,2-3,12-13H2,1H3,(H,33,36)(H,34,35)/t23-,27+/m1/s1. The summed E-state index contributed by atoms with van der Waals surface area (Å²) in [5, 5.41) is 21.8. The summed E-state index contributed by atoms with van der Waals surface area (Å²) < 4.78 is 6.47. The summed E-state index contributed by atoms with van der Waals surface area (Å²) in [6, 6.07) is 19.7. The van der Waals surface area contributed by atoms with E-state index in [4.69, 9.17) is 44.6 Å². The molecule has 0 radical (unpaired) electrons. The van der Waals surface area contributed by atoms with Gasteiger partial charge in [-0.05, 0) is 47.9 Å². The van der Waals surface area contributed by atoms with Gasteiger partial charge in [0.25, 0.3) is 5.91 Å². The number of carbonyl (C=O) groups excluding carboxylic acids is 1. The van der Waals surface area contributed by atoms with Crippen LogP contribution >= 0.6 is 34.8 Å². The van der Waals surface area contributed by atoms with Crippen LogP contribution in [0.2, 0.25) is 15.1 Å². The number of hydrogen-bond donors (Lipinski definition) is 2. The van der Waals surface area contributed by atoms with Gasteiger partial charge >= 0.3 is 5.97 Å². The molecular weight excluding hydrogens is 535 g/mol. The Bertz CT molecular complexity index is 1290. The van der Waals surface area contributed by atoms with Crippen LogP contribution in [0, 0.1) is 11.3 Å². The maximum atomic E-state index is 12.4. The first-order valence-corrected chi connectivity index (χ1v) is 12.8. The Hall–Kier alpha value is -3.24. The average molecular weight is 560 g/mol. The Morgan fingerprint density at radius 2 is 1.68 bits per heavy atom. The molecule has 0 aliphatic carbocycles. The number of ether oxygens (including phenoxy) is 1. The van der Waals surface area contributed by atoms with Crippen molar-refractivity contribution in [3.8, 4) is 11.8 Å².